The van der Waals surface area contributed by atoms with Gasteiger partial charge >= 0.3 is 0 Å². The summed E-state index contributed by atoms with van der Waals surface area (Å²) in [5, 5.41) is 0. The summed E-state index contributed by atoms with van der Waals surface area (Å²) in [6, 6.07) is 9.77. The molecule has 1 aromatic carbocycles. The van der Waals surface area contributed by atoms with Crippen molar-refractivity contribution in [3.05, 3.63) is 30.3 Å². The summed E-state index contributed by atoms with van der Waals surface area (Å²) in [6.45, 7) is 1.33. The van der Waals surface area contributed by atoms with Gasteiger partial charge in [-0.15, -0.1) is 0 Å². The quantitative estimate of drug-likeness (QED) is 0.739. The van der Waals surface area contributed by atoms with Crippen LogP contribution in [0.15, 0.2) is 30.3 Å². The average molecular weight is 276 g/mol. The van der Waals surface area contributed by atoms with E-state index < -0.39 is 0 Å². The monoisotopic (exact) mass is 276 g/mol. The van der Waals surface area contributed by atoms with Crippen molar-refractivity contribution in [2.75, 3.05) is 20.2 Å². The highest BCUT2D eigenvalue weighted by atomic mass is 16.5. The standard InChI is InChI=1S/C16H24N2O2/c1-18(16(19)12-15(17)13-8-9-13)10-5-11-20-14-6-3-2-4-7-14/h2-4,6-7,13,15H,5,8-12,17H2,1H3. The normalized spacial score (nSPS) is 15.7. The van der Waals surface area contributed by atoms with E-state index in [1.165, 1.54) is 12.8 Å². The van der Waals surface area contributed by atoms with Crippen LogP contribution >= 0.6 is 0 Å². The first-order valence-corrected chi connectivity index (χ1v) is 7.34. The fraction of sp³-hybridized carbons (Fsp3) is 0.562. The van der Waals surface area contributed by atoms with Crippen molar-refractivity contribution in [2.45, 2.75) is 31.7 Å². The van der Waals surface area contributed by atoms with Crippen LogP contribution in [0, 0.1) is 5.92 Å². The van der Waals surface area contributed by atoms with Crippen molar-refractivity contribution in [2.24, 2.45) is 11.7 Å². The lowest BCUT2D eigenvalue weighted by molar-refractivity contribution is -0.130. The number of hydrogen-bond acceptors (Lipinski definition) is 3. The first-order chi connectivity index (χ1) is 9.66. The number of carbonyl (C=O) groups is 1. The molecular weight excluding hydrogens is 252 g/mol. The summed E-state index contributed by atoms with van der Waals surface area (Å²) < 4.78 is 5.60. The molecule has 2 N–H and O–H groups in total. The van der Waals surface area contributed by atoms with Crippen LogP contribution in [-0.2, 0) is 4.79 Å². The Kier molecular flexibility index (Phi) is 5.41. The first-order valence-electron chi connectivity index (χ1n) is 7.34. The number of hydrogen-bond donors (Lipinski definition) is 1. The zero-order chi connectivity index (χ0) is 14.4. The minimum atomic E-state index is 0.0468. The lowest BCUT2D eigenvalue weighted by atomic mass is 10.1. The van der Waals surface area contributed by atoms with E-state index in [0.717, 1.165) is 12.2 Å². The molecule has 1 saturated carbocycles. The molecule has 0 spiro atoms. The Labute approximate surface area is 120 Å². The number of ether oxygens (including phenoxy) is 1. The molecule has 0 aromatic heterocycles. The van der Waals surface area contributed by atoms with Crippen molar-refractivity contribution >= 4 is 5.91 Å². The molecule has 1 aliphatic carbocycles. The predicted octanol–water partition coefficient (Wildman–Crippen LogP) is 2.04. The Morgan fingerprint density at radius 1 is 1.40 bits per heavy atom. The predicted molar refractivity (Wildman–Crippen MR) is 79.5 cm³/mol. The second-order valence-electron chi connectivity index (χ2n) is 5.54. The SMILES string of the molecule is CN(CCCOc1ccccc1)C(=O)CC(N)C1CC1. The van der Waals surface area contributed by atoms with Gasteiger partial charge < -0.3 is 15.4 Å². The molecule has 0 heterocycles. The van der Waals surface area contributed by atoms with Gasteiger partial charge in [0.05, 0.1) is 6.61 Å². The van der Waals surface area contributed by atoms with E-state index in [1.54, 1.807) is 4.90 Å². The number of rotatable bonds is 8. The van der Waals surface area contributed by atoms with E-state index in [9.17, 15) is 4.79 Å². The zero-order valence-corrected chi connectivity index (χ0v) is 12.1. The second kappa shape index (κ2) is 7.29. The lowest BCUT2D eigenvalue weighted by Gasteiger charge is -2.19. The molecule has 1 amide bonds. The largest absolute Gasteiger partial charge is 0.494 e. The maximum Gasteiger partial charge on any atom is 0.223 e. The molecule has 110 valence electrons. The summed E-state index contributed by atoms with van der Waals surface area (Å²) >= 11 is 0. The molecule has 20 heavy (non-hydrogen) atoms. The van der Waals surface area contributed by atoms with Crippen LogP contribution in [0.5, 0.6) is 5.75 Å². The third-order valence-corrected chi connectivity index (χ3v) is 3.71. The number of amides is 1. The number of para-hydroxylation sites is 1. The van der Waals surface area contributed by atoms with Gasteiger partial charge in [0.2, 0.25) is 5.91 Å². The van der Waals surface area contributed by atoms with Crippen LogP contribution < -0.4 is 10.5 Å². The minimum absolute atomic E-state index is 0.0468. The van der Waals surface area contributed by atoms with Crippen LogP contribution in [0.1, 0.15) is 25.7 Å². The molecule has 0 radical (unpaired) electrons. The molecule has 1 atom stereocenters. The molecule has 0 saturated heterocycles. The van der Waals surface area contributed by atoms with E-state index in [0.29, 0.717) is 25.5 Å². The fourth-order valence-electron chi connectivity index (χ4n) is 2.18. The molecule has 4 nitrogen and oxygen atoms in total. The Hall–Kier alpha value is -1.55. The zero-order valence-electron chi connectivity index (χ0n) is 12.1. The van der Waals surface area contributed by atoms with Crippen LogP contribution in [-0.4, -0.2) is 37.0 Å². The molecule has 0 aliphatic heterocycles. The molecule has 1 fully saturated rings. The van der Waals surface area contributed by atoms with Gasteiger partial charge in [0.15, 0.2) is 0 Å². The maximum atomic E-state index is 12.0. The van der Waals surface area contributed by atoms with Gasteiger partial charge in [-0.1, -0.05) is 18.2 Å². The van der Waals surface area contributed by atoms with Crippen LogP contribution in [0.3, 0.4) is 0 Å². The second-order valence-corrected chi connectivity index (χ2v) is 5.54. The molecule has 1 unspecified atom stereocenters. The topological polar surface area (TPSA) is 55.6 Å². The summed E-state index contributed by atoms with van der Waals surface area (Å²) in [6.07, 6.45) is 3.67. The van der Waals surface area contributed by atoms with Crippen molar-refractivity contribution < 1.29 is 9.53 Å². The first kappa shape index (κ1) is 14.9. The van der Waals surface area contributed by atoms with Crippen LogP contribution in [0.2, 0.25) is 0 Å². The summed E-state index contributed by atoms with van der Waals surface area (Å²) in [5.41, 5.74) is 5.98. The third-order valence-electron chi connectivity index (χ3n) is 3.71. The van der Waals surface area contributed by atoms with E-state index in [-0.39, 0.29) is 11.9 Å². The number of carbonyl (C=O) groups excluding carboxylic acids is 1. The fourth-order valence-corrected chi connectivity index (χ4v) is 2.18. The Balaban J connectivity index is 1.59. The van der Waals surface area contributed by atoms with E-state index >= 15 is 0 Å². The smallest absolute Gasteiger partial charge is 0.223 e. The number of nitrogens with zero attached hydrogens (tertiary/aromatic N) is 1. The Bertz CT molecular complexity index is 418. The molecular formula is C16H24N2O2. The van der Waals surface area contributed by atoms with Crippen molar-refractivity contribution in [1.82, 2.24) is 4.90 Å². The van der Waals surface area contributed by atoms with E-state index in [2.05, 4.69) is 0 Å². The molecule has 2 rings (SSSR count). The van der Waals surface area contributed by atoms with Crippen molar-refractivity contribution in [3.63, 3.8) is 0 Å². The van der Waals surface area contributed by atoms with E-state index in [4.69, 9.17) is 10.5 Å². The number of nitrogens with two attached hydrogens (primary N) is 1. The highest BCUT2D eigenvalue weighted by Crippen LogP contribution is 2.32. The Morgan fingerprint density at radius 2 is 2.10 bits per heavy atom. The number of benzene rings is 1. The van der Waals surface area contributed by atoms with Gasteiger partial charge in [-0.2, -0.15) is 0 Å². The molecule has 0 bridgehead atoms. The lowest BCUT2D eigenvalue weighted by Crippen LogP contribution is -2.35. The van der Waals surface area contributed by atoms with Gasteiger partial charge in [0.1, 0.15) is 5.75 Å². The summed E-state index contributed by atoms with van der Waals surface area (Å²) in [7, 11) is 1.84. The molecule has 4 heteroatoms. The molecule has 1 aliphatic rings. The van der Waals surface area contributed by atoms with Gasteiger partial charge in [-0.05, 0) is 37.3 Å². The average Bonchev–Trinajstić information content (AvgIpc) is 3.29. The highest BCUT2D eigenvalue weighted by Gasteiger charge is 2.30. The Morgan fingerprint density at radius 3 is 2.75 bits per heavy atom. The van der Waals surface area contributed by atoms with Crippen molar-refractivity contribution in [3.8, 4) is 5.75 Å². The van der Waals surface area contributed by atoms with Crippen LogP contribution in [0.25, 0.3) is 0 Å². The van der Waals surface area contributed by atoms with E-state index in [1.807, 2.05) is 37.4 Å². The third kappa shape index (κ3) is 4.85. The van der Waals surface area contributed by atoms with Gasteiger partial charge in [-0.25, -0.2) is 0 Å². The molecule has 1 aromatic rings. The van der Waals surface area contributed by atoms with Crippen molar-refractivity contribution in [1.29, 1.82) is 0 Å². The van der Waals surface area contributed by atoms with Crippen LogP contribution in [0.4, 0.5) is 0 Å². The summed E-state index contributed by atoms with van der Waals surface area (Å²) in [4.78, 5) is 13.7. The van der Waals surface area contributed by atoms with Gasteiger partial charge in [0.25, 0.3) is 0 Å². The minimum Gasteiger partial charge on any atom is -0.494 e. The van der Waals surface area contributed by atoms with Gasteiger partial charge in [0, 0.05) is 26.1 Å². The maximum absolute atomic E-state index is 12.0. The van der Waals surface area contributed by atoms with Gasteiger partial charge in [-0.3, -0.25) is 4.79 Å². The highest BCUT2D eigenvalue weighted by molar-refractivity contribution is 5.76. The summed E-state index contributed by atoms with van der Waals surface area (Å²) in [5.74, 6) is 1.59.